The van der Waals surface area contributed by atoms with Crippen LogP contribution in [0.3, 0.4) is 0 Å². The van der Waals surface area contributed by atoms with Gasteiger partial charge in [0.05, 0.1) is 0 Å². The highest BCUT2D eigenvalue weighted by Gasteiger charge is 2.46. The van der Waals surface area contributed by atoms with E-state index in [9.17, 15) is 24.9 Å². The number of hydrogen-bond donors (Lipinski definition) is 4. The number of halogens is 1. The average molecular weight is 398 g/mol. The molecule has 2 heterocycles. The first-order valence-corrected chi connectivity index (χ1v) is 7.29. The topological polar surface area (TPSA) is 125 Å². The van der Waals surface area contributed by atoms with Crippen LogP contribution in [0.1, 0.15) is 18.7 Å². The zero-order chi connectivity index (χ0) is 15.0. The summed E-state index contributed by atoms with van der Waals surface area (Å²) in [5, 5.41) is 29.2. The number of ether oxygens (including phenoxy) is 1. The van der Waals surface area contributed by atoms with Crippen molar-refractivity contribution in [2.24, 2.45) is 0 Å². The first-order valence-electron chi connectivity index (χ1n) is 6.05. The Kier molecular flexibility index (Phi) is 4.64. The van der Waals surface area contributed by atoms with Crippen LogP contribution in [0.15, 0.2) is 15.8 Å². The molecule has 1 saturated heterocycles. The van der Waals surface area contributed by atoms with Crippen molar-refractivity contribution in [2.45, 2.75) is 42.0 Å². The van der Waals surface area contributed by atoms with Crippen LogP contribution in [0.25, 0.3) is 0 Å². The normalized spacial score (nSPS) is 31.4. The van der Waals surface area contributed by atoms with Gasteiger partial charge >= 0.3 is 5.69 Å². The van der Waals surface area contributed by atoms with Crippen LogP contribution in [-0.2, 0) is 11.2 Å². The second kappa shape index (κ2) is 5.93. The number of aryl methyl sites for hydroxylation is 1. The lowest BCUT2D eigenvalue weighted by molar-refractivity contribution is -0.0594. The summed E-state index contributed by atoms with van der Waals surface area (Å²) in [7, 11) is 0. The number of hydrogen-bond acceptors (Lipinski definition) is 6. The zero-order valence-corrected chi connectivity index (χ0v) is 12.7. The summed E-state index contributed by atoms with van der Waals surface area (Å²) in [4.78, 5) is 25.4. The number of aromatic nitrogens is 2. The molecule has 1 aromatic rings. The van der Waals surface area contributed by atoms with E-state index in [0.29, 0.717) is 12.0 Å². The van der Waals surface area contributed by atoms with Gasteiger partial charge in [-0.05, 0) is 29.0 Å². The number of rotatable bonds is 3. The molecule has 0 aliphatic carbocycles. The van der Waals surface area contributed by atoms with Crippen LogP contribution in [0, 0.1) is 0 Å². The van der Waals surface area contributed by atoms with Crippen molar-refractivity contribution < 1.29 is 20.1 Å². The maximum absolute atomic E-state index is 11.8. The monoisotopic (exact) mass is 398 g/mol. The molecule has 9 heteroatoms. The van der Waals surface area contributed by atoms with E-state index < -0.39 is 39.9 Å². The van der Waals surface area contributed by atoms with E-state index >= 15 is 0 Å². The van der Waals surface area contributed by atoms with E-state index in [1.54, 1.807) is 29.5 Å². The first kappa shape index (κ1) is 15.6. The van der Waals surface area contributed by atoms with Crippen molar-refractivity contribution in [3.63, 3.8) is 0 Å². The third-order valence-electron chi connectivity index (χ3n) is 3.24. The highest BCUT2D eigenvalue weighted by atomic mass is 127. The summed E-state index contributed by atoms with van der Waals surface area (Å²) in [6.07, 6.45) is -3.18. The lowest BCUT2D eigenvalue weighted by Crippen LogP contribution is -2.39. The van der Waals surface area contributed by atoms with Gasteiger partial charge in [0.2, 0.25) is 0 Å². The molecular weight excluding hydrogens is 383 g/mol. The Balaban J connectivity index is 2.42. The fourth-order valence-corrected chi connectivity index (χ4v) is 2.71. The molecule has 0 bridgehead atoms. The lowest BCUT2D eigenvalue weighted by atomic mass is 10.1. The summed E-state index contributed by atoms with van der Waals surface area (Å²) in [5.41, 5.74) is -0.882. The molecule has 0 radical (unpaired) electrons. The van der Waals surface area contributed by atoms with Crippen molar-refractivity contribution in [3.8, 4) is 0 Å². The van der Waals surface area contributed by atoms with Gasteiger partial charge in [-0.25, -0.2) is 4.79 Å². The van der Waals surface area contributed by atoms with Crippen LogP contribution in [-0.4, -0.2) is 47.3 Å². The van der Waals surface area contributed by atoms with E-state index in [0.717, 1.165) is 4.57 Å². The van der Waals surface area contributed by atoms with Gasteiger partial charge in [0.1, 0.15) is 22.4 Å². The van der Waals surface area contributed by atoms with Crippen molar-refractivity contribution in [2.75, 3.05) is 0 Å². The molecule has 0 amide bonds. The van der Waals surface area contributed by atoms with E-state index in [1.807, 2.05) is 0 Å². The molecule has 2 rings (SSSR count). The molecule has 112 valence electrons. The molecule has 1 aliphatic heterocycles. The standard InChI is InChI=1S/C11H15IN2O6/c1-2-4-3-14(11(19)13-9(4)18)10-6(16)5(15)7(20-10)8(12)17/h3,5-8,10,15-17H,2H2,1H3,(H,13,18,19)/t5-,6+,7-,8?,10+/m0/s1. The number of H-pyrrole nitrogens is 1. The molecule has 1 unspecified atom stereocenters. The molecule has 5 atom stereocenters. The van der Waals surface area contributed by atoms with E-state index in [2.05, 4.69) is 4.98 Å². The summed E-state index contributed by atoms with van der Waals surface area (Å²) in [6, 6.07) is 0. The third kappa shape index (κ3) is 2.68. The van der Waals surface area contributed by atoms with Crippen LogP contribution < -0.4 is 11.2 Å². The Morgan fingerprint density at radius 3 is 2.60 bits per heavy atom. The molecule has 0 spiro atoms. The largest absolute Gasteiger partial charge is 0.387 e. The fourth-order valence-electron chi connectivity index (χ4n) is 2.11. The van der Waals surface area contributed by atoms with E-state index in [-0.39, 0.29) is 0 Å². The van der Waals surface area contributed by atoms with Crippen molar-refractivity contribution in [3.05, 3.63) is 32.6 Å². The van der Waals surface area contributed by atoms with Gasteiger partial charge in [-0.2, -0.15) is 0 Å². The van der Waals surface area contributed by atoms with Crippen LogP contribution in [0.5, 0.6) is 0 Å². The number of nitrogens with zero attached hydrogens (tertiary/aromatic N) is 1. The first-order chi connectivity index (χ1) is 9.36. The van der Waals surface area contributed by atoms with Gasteiger partial charge < -0.3 is 20.1 Å². The number of nitrogens with one attached hydrogen (secondary N) is 1. The molecule has 1 fully saturated rings. The zero-order valence-electron chi connectivity index (χ0n) is 10.6. The number of alkyl halides is 1. The summed E-state index contributed by atoms with van der Waals surface area (Å²) < 4.78 is 5.32. The van der Waals surface area contributed by atoms with Crippen molar-refractivity contribution in [1.29, 1.82) is 0 Å². The van der Waals surface area contributed by atoms with Gasteiger partial charge in [0.15, 0.2) is 6.23 Å². The molecule has 20 heavy (non-hydrogen) atoms. The SMILES string of the molecule is CCc1cn([C@@H]2O[C@H](C(O)I)[C@@H](O)[C@H]2O)c(=O)[nH]c1=O. The quantitative estimate of drug-likeness (QED) is 0.362. The van der Waals surface area contributed by atoms with Crippen molar-refractivity contribution >= 4 is 22.6 Å². The number of aliphatic hydroxyl groups is 3. The minimum absolute atomic E-state index is 0.355. The van der Waals surface area contributed by atoms with Crippen LogP contribution in [0.4, 0.5) is 0 Å². The molecule has 1 aliphatic rings. The molecule has 8 nitrogen and oxygen atoms in total. The highest BCUT2D eigenvalue weighted by molar-refractivity contribution is 14.1. The van der Waals surface area contributed by atoms with E-state index in [4.69, 9.17) is 4.74 Å². The Morgan fingerprint density at radius 1 is 1.45 bits per heavy atom. The Bertz CT molecular complexity index is 597. The number of aliphatic hydroxyl groups excluding tert-OH is 3. The molecule has 0 saturated carbocycles. The lowest BCUT2D eigenvalue weighted by Gasteiger charge is -2.18. The maximum Gasteiger partial charge on any atom is 0.330 e. The fraction of sp³-hybridized carbons (Fsp3) is 0.636. The Labute approximate surface area is 127 Å². The van der Waals surface area contributed by atoms with E-state index in [1.165, 1.54) is 6.20 Å². The number of aromatic amines is 1. The predicted octanol–water partition coefficient (Wildman–Crippen LogP) is -1.53. The molecule has 1 aromatic heterocycles. The maximum atomic E-state index is 11.8. The summed E-state index contributed by atoms with van der Waals surface area (Å²) >= 11 is 1.64. The summed E-state index contributed by atoms with van der Waals surface area (Å²) in [5.74, 6) is 0. The van der Waals surface area contributed by atoms with Gasteiger partial charge in [-0.15, -0.1) is 0 Å². The van der Waals surface area contributed by atoms with Crippen LogP contribution in [0.2, 0.25) is 0 Å². The smallest absolute Gasteiger partial charge is 0.330 e. The molecular formula is C11H15IN2O6. The molecule has 4 N–H and O–H groups in total. The Hall–Kier alpha value is -0.750. The Morgan fingerprint density at radius 2 is 2.10 bits per heavy atom. The second-order valence-electron chi connectivity index (χ2n) is 4.52. The highest BCUT2D eigenvalue weighted by Crippen LogP contribution is 2.31. The minimum atomic E-state index is -1.38. The van der Waals surface area contributed by atoms with Gasteiger partial charge in [-0.3, -0.25) is 14.3 Å². The van der Waals surface area contributed by atoms with Gasteiger partial charge in [0.25, 0.3) is 5.56 Å². The third-order valence-corrected chi connectivity index (χ3v) is 3.95. The summed E-state index contributed by atoms with van der Waals surface area (Å²) in [6.45, 7) is 1.75. The van der Waals surface area contributed by atoms with Gasteiger partial charge in [0, 0.05) is 11.8 Å². The predicted molar refractivity (Wildman–Crippen MR) is 76.7 cm³/mol. The molecule has 0 aromatic carbocycles. The van der Waals surface area contributed by atoms with Crippen molar-refractivity contribution in [1.82, 2.24) is 9.55 Å². The van der Waals surface area contributed by atoms with Gasteiger partial charge in [-0.1, -0.05) is 6.92 Å². The average Bonchev–Trinajstić information content (AvgIpc) is 2.67. The second-order valence-corrected chi connectivity index (χ2v) is 5.80. The van der Waals surface area contributed by atoms with Crippen LogP contribution >= 0.6 is 22.6 Å². The minimum Gasteiger partial charge on any atom is -0.387 e.